The van der Waals surface area contributed by atoms with Gasteiger partial charge in [-0.25, -0.2) is 5.01 Å². The maximum Gasteiger partial charge on any atom is 0.223 e. The molecule has 2 aliphatic heterocycles. The van der Waals surface area contributed by atoms with Crippen LogP contribution in [0.15, 0.2) is 59.0 Å². The molecule has 0 radical (unpaired) electrons. The third-order valence-corrected chi connectivity index (χ3v) is 6.39. The third-order valence-electron chi connectivity index (χ3n) is 5.34. The highest BCUT2D eigenvalue weighted by Crippen LogP contribution is 2.51. The Morgan fingerprint density at radius 2 is 2.04 bits per heavy atom. The van der Waals surface area contributed by atoms with E-state index in [1.54, 1.807) is 24.5 Å². The van der Waals surface area contributed by atoms with Gasteiger partial charge in [0.1, 0.15) is 5.75 Å². The quantitative estimate of drug-likeness (QED) is 0.680. The Hall–Kier alpha value is -2.99. The second-order valence-electron chi connectivity index (χ2n) is 6.98. The number of rotatable bonds is 3. The molecule has 1 aromatic heterocycles. The zero-order chi connectivity index (χ0) is 19.3. The molecule has 5 nitrogen and oxygen atoms in total. The molecular formula is C22H20N2O3S. The number of fused-ring (bicyclic) bond motifs is 3. The lowest BCUT2D eigenvalue weighted by atomic mass is 9.95. The molecule has 0 spiro atoms. The smallest absolute Gasteiger partial charge is 0.223 e. The van der Waals surface area contributed by atoms with Gasteiger partial charge in [0.2, 0.25) is 6.23 Å². The van der Waals surface area contributed by atoms with Crippen LogP contribution in [0.25, 0.3) is 0 Å². The van der Waals surface area contributed by atoms with Crippen LogP contribution in [0.5, 0.6) is 17.2 Å². The molecule has 0 fully saturated rings. The van der Waals surface area contributed by atoms with Gasteiger partial charge in [-0.2, -0.15) is 5.10 Å². The molecule has 2 unspecified atom stereocenters. The minimum absolute atomic E-state index is 0.0277. The van der Waals surface area contributed by atoms with E-state index in [4.69, 9.17) is 14.6 Å². The molecule has 3 heterocycles. The molecule has 0 saturated carbocycles. The Balaban J connectivity index is 1.65. The largest absolute Gasteiger partial charge is 0.507 e. The van der Waals surface area contributed by atoms with Crippen LogP contribution in [-0.2, 0) is 0 Å². The summed E-state index contributed by atoms with van der Waals surface area (Å²) in [4.78, 5) is 1.13. The number of phenols is 1. The average molecular weight is 392 g/mol. The van der Waals surface area contributed by atoms with Crippen molar-refractivity contribution in [2.24, 2.45) is 5.10 Å². The zero-order valence-corrected chi connectivity index (χ0v) is 16.4. The number of nitrogens with zero attached hydrogens (tertiary/aromatic N) is 2. The van der Waals surface area contributed by atoms with Crippen LogP contribution in [-0.4, -0.2) is 22.9 Å². The standard InChI is InChI=1S/C22H20N2O3S/c1-13-10-11-28-21(13)22-24-17(15-7-5-9-19(26-2)20(15)27-22)12-16(23-24)14-6-3-4-8-18(14)25/h3-11,17,22,25H,12H2,1-2H3. The van der Waals surface area contributed by atoms with E-state index in [1.165, 1.54) is 5.56 Å². The van der Waals surface area contributed by atoms with E-state index in [0.29, 0.717) is 6.42 Å². The molecule has 6 heteroatoms. The SMILES string of the molecule is COc1cccc2c1OC(c1sccc1C)N1N=C(c3ccccc3O)CC21. The Labute approximate surface area is 167 Å². The van der Waals surface area contributed by atoms with Crippen LogP contribution in [0.4, 0.5) is 0 Å². The number of phenolic OH excluding ortho intramolecular Hbond substituents is 1. The molecule has 2 aliphatic rings. The van der Waals surface area contributed by atoms with Gasteiger partial charge in [-0.1, -0.05) is 24.3 Å². The number of para-hydroxylation sites is 2. The summed E-state index contributed by atoms with van der Waals surface area (Å²) >= 11 is 1.67. The van der Waals surface area contributed by atoms with Crippen LogP contribution in [0.2, 0.25) is 0 Å². The highest BCUT2D eigenvalue weighted by molar-refractivity contribution is 7.10. The molecule has 0 bridgehead atoms. The van der Waals surface area contributed by atoms with Crippen molar-refractivity contribution < 1.29 is 14.6 Å². The maximum atomic E-state index is 10.3. The molecule has 142 valence electrons. The van der Waals surface area contributed by atoms with Crippen LogP contribution >= 0.6 is 11.3 Å². The van der Waals surface area contributed by atoms with Gasteiger partial charge in [0, 0.05) is 17.5 Å². The topological polar surface area (TPSA) is 54.3 Å². The van der Waals surface area contributed by atoms with Crippen molar-refractivity contribution in [3.8, 4) is 17.2 Å². The van der Waals surface area contributed by atoms with Gasteiger partial charge >= 0.3 is 0 Å². The molecule has 2 atom stereocenters. The first-order chi connectivity index (χ1) is 13.7. The molecule has 28 heavy (non-hydrogen) atoms. The summed E-state index contributed by atoms with van der Waals surface area (Å²) in [5, 5.41) is 19.3. The lowest BCUT2D eigenvalue weighted by Crippen LogP contribution is -2.33. The van der Waals surface area contributed by atoms with Crippen LogP contribution in [0.1, 0.15) is 40.3 Å². The van der Waals surface area contributed by atoms with E-state index < -0.39 is 0 Å². The molecule has 0 amide bonds. The number of aryl methyl sites for hydroxylation is 1. The van der Waals surface area contributed by atoms with Gasteiger partial charge in [-0.05, 0) is 42.1 Å². The summed E-state index contributed by atoms with van der Waals surface area (Å²) in [6.07, 6.45) is 0.374. The molecule has 0 aliphatic carbocycles. The lowest BCUT2D eigenvalue weighted by molar-refractivity contribution is -0.0188. The fraction of sp³-hybridized carbons (Fsp3) is 0.227. The Morgan fingerprint density at radius 1 is 1.18 bits per heavy atom. The third kappa shape index (κ3) is 2.56. The molecule has 2 aromatic carbocycles. The van der Waals surface area contributed by atoms with Crippen molar-refractivity contribution in [2.45, 2.75) is 25.6 Å². The number of hydrogen-bond donors (Lipinski definition) is 1. The predicted octanol–water partition coefficient (Wildman–Crippen LogP) is 5.01. The molecule has 5 rings (SSSR count). The number of benzene rings is 2. The lowest BCUT2D eigenvalue weighted by Gasteiger charge is -2.38. The van der Waals surface area contributed by atoms with E-state index >= 15 is 0 Å². The van der Waals surface area contributed by atoms with Gasteiger partial charge < -0.3 is 14.6 Å². The van der Waals surface area contributed by atoms with Crippen molar-refractivity contribution in [3.63, 3.8) is 0 Å². The Bertz CT molecular complexity index is 1080. The zero-order valence-electron chi connectivity index (χ0n) is 15.6. The maximum absolute atomic E-state index is 10.3. The first-order valence-electron chi connectivity index (χ1n) is 9.19. The van der Waals surface area contributed by atoms with Gasteiger partial charge in [0.05, 0.1) is 23.7 Å². The van der Waals surface area contributed by atoms with Crippen molar-refractivity contribution in [1.82, 2.24) is 5.01 Å². The van der Waals surface area contributed by atoms with Crippen molar-refractivity contribution in [3.05, 3.63) is 75.5 Å². The number of aromatic hydroxyl groups is 1. The molecule has 1 N–H and O–H groups in total. The van der Waals surface area contributed by atoms with Crippen molar-refractivity contribution in [2.75, 3.05) is 7.11 Å². The molecule has 0 saturated heterocycles. The summed E-state index contributed by atoms with van der Waals surface area (Å²) in [6.45, 7) is 2.09. The number of methoxy groups -OCH3 is 1. The number of hydrogen-bond acceptors (Lipinski definition) is 6. The normalized spacial score (nSPS) is 20.2. The van der Waals surface area contributed by atoms with Crippen LogP contribution in [0.3, 0.4) is 0 Å². The van der Waals surface area contributed by atoms with E-state index in [2.05, 4.69) is 24.4 Å². The number of thiophene rings is 1. The second kappa shape index (κ2) is 6.56. The minimum atomic E-state index is -0.322. The van der Waals surface area contributed by atoms with E-state index in [1.807, 2.05) is 35.3 Å². The first kappa shape index (κ1) is 17.1. The molecule has 3 aromatic rings. The fourth-order valence-electron chi connectivity index (χ4n) is 3.94. The van der Waals surface area contributed by atoms with E-state index in [0.717, 1.165) is 33.2 Å². The summed E-state index contributed by atoms with van der Waals surface area (Å²) in [5.41, 5.74) is 3.86. The van der Waals surface area contributed by atoms with Gasteiger partial charge in [0.25, 0.3) is 0 Å². The monoisotopic (exact) mass is 392 g/mol. The minimum Gasteiger partial charge on any atom is -0.507 e. The van der Waals surface area contributed by atoms with E-state index in [-0.39, 0.29) is 18.0 Å². The van der Waals surface area contributed by atoms with Gasteiger partial charge in [0.15, 0.2) is 11.5 Å². The highest BCUT2D eigenvalue weighted by atomic mass is 32.1. The summed E-state index contributed by atoms with van der Waals surface area (Å²) in [6, 6.07) is 15.4. The van der Waals surface area contributed by atoms with Gasteiger partial charge in [-0.15, -0.1) is 11.3 Å². The van der Waals surface area contributed by atoms with E-state index in [9.17, 15) is 5.11 Å². The molecular weight excluding hydrogens is 372 g/mol. The van der Waals surface area contributed by atoms with Crippen LogP contribution < -0.4 is 9.47 Å². The Kier molecular flexibility index (Phi) is 4.02. The fourth-order valence-corrected chi connectivity index (χ4v) is 4.88. The summed E-state index contributed by atoms with van der Waals surface area (Å²) < 4.78 is 12.0. The second-order valence-corrected chi connectivity index (χ2v) is 7.93. The van der Waals surface area contributed by atoms with Gasteiger partial charge in [-0.3, -0.25) is 0 Å². The average Bonchev–Trinajstić information content (AvgIpc) is 3.34. The van der Waals surface area contributed by atoms with Crippen molar-refractivity contribution in [1.29, 1.82) is 0 Å². The van der Waals surface area contributed by atoms with Crippen molar-refractivity contribution >= 4 is 17.0 Å². The first-order valence-corrected chi connectivity index (χ1v) is 10.1. The van der Waals surface area contributed by atoms with Crippen LogP contribution in [0, 0.1) is 6.92 Å². The number of ether oxygens (including phenoxy) is 2. The summed E-state index contributed by atoms with van der Waals surface area (Å²) in [7, 11) is 1.66. The summed E-state index contributed by atoms with van der Waals surface area (Å²) in [5.74, 6) is 1.75. The number of hydrazone groups is 1. The Morgan fingerprint density at radius 3 is 2.79 bits per heavy atom. The predicted molar refractivity (Wildman–Crippen MR) is 109 cm³/mol. The highest BCUT2D eigenvalue weighted by Gasteiger charge is 2.43.